The van der Waals surface area contributed by atoms with Crippen molar-refractivity contribution in [1.82, 2.24) is 15.0 Å². The number of rotatable bonds is 5. The number of fused-ring (bicyclic) bond motifs is 1. The van der Waals surface area contributed by atoms with E-state index in [-0.39, 0.29) is 11.3 Å². The third-order valence-electron chi connectivity index (χ3n) is 8.28. The van der Waals surface area contributed by atoms with Crippen LogP contribution in [0.3, 0.4) is 0 Å². The molecular weight excluding hydrogens is 396 g/mol. The van der Waals surface area contributed by atoms with Crippen molar-refractivity contribution < 1.29 is 4.79 Å². The van der Waals surface area contributed by atoms with E-state index >= 15 is 0 Å². The first-order chi connectivity index (χ1) is 15.5. The van der Waals surface area contributed by atoms with Crippen LogP contribution in [0.15, 0.2) is 36.4 Å². The van der Waals surface area contributed by atoms with Gasteiger partial charge >= 0.3 is 0 Å². The highest BCUT2D eigenvalue weighted by atomic mass is 16.1. The minimum atomic E-state index is 0.164. The molecule has 1 aromatic heterocycles. The summed E-state index contributed by atoms with van der Waals surface area (Å²) in [6.45, 7) is 4.19. The molecule has 32 heavy (non-hydrogen) atoms. The first-order valence-corrected chi connectivity index (χ1v) is 12.3. The second-order valence-corrected chi connectivity index (χ2v) is 10.8. The van der Waals surface area contributed by atoms with Crippen LogP contribution in [-0.4, -0.2) is 20.9 Å². The summed E-state index contributed by atoms with van der Waals surface area (Å²) in [6.07, 6.45) is 9.69. The van der Waals surface area contributed by atoms with E-state index in [1.54, 1.807) is 4.80 Å². The molecule has 4 aliphatic carbocycles. The molecule has 0 saturated heterocycles. The summed E-state index contributed by atoms with van der Waals surface area (Å²) in [7, 11) is 0. The first-order valence-electron chi connectivity index (χ1n) is 12.3. The number of hydrogen-bond donors (Lipinski definition) is 1. The van der Waals surface area contributed by atoms with E-state index in [9.17, 15) is 4.79 Å². The van der Waals surface area contributed by atoms with Gasteiger partial charge < -0.3 is 5.32 Å². The van der Waals surface area contributed by atoms with Gasteiger partial charge in [0.05, 0.1) is 5.69 Å². The number of amides is 1. The fourth-order valence-corrected chi connectivity index (χ4v) is 7.22. The maximum Gasteiger partial charge on any atom is 0.224 e. The topological polar surface area (TPSA) is 59.8 Å². The molecule has 4 bridgehead atoms. The van der Waals surface area contributed by atoms with Crippen molar-refractivity contribution in [1.29, 1.82) is 0 Å². The Morgan fingerprint density at radius 2 is 1.59 bits per heavy atom. The Morgan fingerprint density at radius 1 is 1.00 bits per heavy atom. The number of aromatic nitrogens is 3. The van der Waals surface area contributed by atoms with Crippen LogP contribution in [0, 0.1) is 30.1 Å². The second-order valence-electron chi connectivity index (χ2n) is 10.8. The molecule has 1 amide bonds. The van der Waals surface area contributed by atoms with Crippen molar-refractivity contribution >= 4 is 22.6 Å². The molecule has 5 heteroatoms. The predicted molar refractivity (Wildman–Crippen MR) is 127 cm³/mol. The van der Waals surface area contributed by atoms with Gasteiger partial charge in [-0.25, -0.2) is 0 Å². The summed E-state index contributed by atoms with van der Waals surface area (Å²) in [5, 5.41) is 12.6. The maximum absolute atomic E-state index is 13.1. The van der Waals surface area contributed by atoms with Gasteiger partial charge in [-0.1, -0.05) is 19.1 Å². The van der Waals surface area contributed by atoms with Crippen molar-refractivity contribution in [2.45, 2.75) is 65.2 Å². The number of carbonyl (C=O) groups excluding carboxylic acids is 1. The van der Waals surface area contributed by atoms with E-state index in [2.05, 4.69) is 46.7 Å². The Bertz CT molecular complexity index is 1140. The maximum atomic E-state index is 13.1. The number of carbonyl (C=O) groups is 1. The molecule has 0 atom stereocenters. The molecule has 0 aliphatic heterocycles. The summed E-state index contributed by atoms with van der Waals surface area (Å²) in [5.41, 5.74) is 6.05. The normalized spacial score (nSPS) is 28.4. The van der Waals surface area contributed by atoms with Gasteiger partial charge in [-0.3, -0.25) is 4.79 Å². The number of benzene rings is 2. The van der Waals surface area contributed by atoms with E-state index in [0.717, 1.165) is 52.1 Å². The number of aryl methyl sites for hydroxylation is 2. The van der Waals surface area contributed by atoms with E-state index < -0.39 is 0 Å². The highest BCUT2D eigenvalue weighted by Crippen LogP contribution is 2.61. The molecule has 0 spiro atoms. The summed E-state index contributed by atoms with van der Waals surface area (Å²) in [4.78, 5) is 14.8. The molecule has 3 aromatic rings. The van der Waals surface area contributed by atoms with Crippen LogP contribution < -0.4 is 5.32 Å². The molecule has 0 unspecified atom stereocenters. The van der Waals surface area contributed by atoms with Crippen molar-refractivity contribution in [3.63, 3.8) is 0 Å². The van der Waals surface area contributed by atoms with E-state index in [0.29, 0.717) is 6.42 Å². The Balaban J connectivity index is 1.21. The van der Waals surface area contributed by atoms with Crippen LogP contribution in [0.5, 0.6) is 0 Å². The molecule has 4 saturated carbocycles. The zero-order chi connectivity index (χ0) is 21.9. The number of anilines is 1. The van der Waals surface area contributed by atoms with Crippen molar-refractivity contribution in [2.75, 3.05) is 5.32 Å². The summed E-state index contributed by atoms with van der Waals surface area (Å²) in [6, 6.07) is 12.3. The minimum Gasteiger partial charge on any atom is -0.326 e. The Kier molecular flexibility index (Phi) is 4.63. The Morgan fingerprint density at radius 3 is 2.19 bits per heavy atom. The summed E-state index contributed by atoms with van der Waals surface area (Å²) in [5.74, 6) is 2.77. The average Bonchev–Trinajstić information content (AvgIpc) is 3.15. The van der Waals surface area contributed by atoms with Gasteiger partial charge in [0.1, 0.15) is 11.0 Å². The van der Waals surface area contributed by atoms with Gasteiger partial charge in [0.2, 0.25) is 5.91 Å². The smallest absolute Gasteiger partial charge is 0.224 e. The van der Waals surface area contributed by atoms with Crippen molar-refractivity contribution in [3.8, 4) is 5.69 Å². The van der Waals surface area contributed by atoms with Crippen LogP contribution >= 0.6 is 0 Å². The van der Waals surface area contributed by atoms with Gasteiger partial charge in [0.25, 0.3) is 0 Å². The number of nitrogens with one attached hydrogen (secondary N) is 1. The molecule has 2 aromatic carbocycles. The Labute approximate surface area is 189 Å². The summed E-state index contributed by atoms with van der Waals surface area (Å²) >= 11 is 0. The number of nitrogens with zero attached hydrogens (tertiary/aromatic N) is 3. The van der Waals surface area contributed by atoms with Crippen LogP contribution in [0.4, 0.5) is 5.69 Å². The van der Waals surface area contributed by atoms with Gasteiger partial charge in [-0.2, -0.15) is 4.80 Å². The molecule has 4 fully saturated rings. The second kappa shape index (κ2) is 7.43. The molecule has 166 valence electrons. The van der Waals surface area contributed by atoms with E-state index in [4.69, 9.17) is 0 Å². The standard InChI is InChI=1S/C27H32N4O/c1-3-18-4-6-22(7-5-18)31-29-24-8-17(2)23(12-25(24)30-31)28-26(32)16-27-13-19-9-20(14-27)11-21(10-19)15-27/h4-8,12,19-21H,3,9-11,13-16H2,1-2H3,(H,28,32). The van der Waals surface area contributed by atoms with Crippen molar-refractivity contribution in [2.24, 2.45) is 23.2 Å². The monoisotopic (exact) mass is 428 g/mol. The Hall–Kier alpha value is -2.69. The third kappa shape index (κ3) is 3.52. The fraction of sp³-hybridized carbons (Fsp3) is 0.519. The molecule has 0 radical (unpaired) electrons. The highest BCUT2D eigenvalue weighted by molar-refractivity contribution is 5.94. The lowest BCUT2D eigenvalue weighted by Gasteiger charge is -2.56. The molecule has 4 aliphatic rings. The van der Waals surface area contributed by atoms with E-state index in [1.165, 1.54) is 44.1 Å². The molecule has 1 heterocycles. The fourth-order valence-electron chi connectivity index (χ4n) is 7.22. The SMILES string of the molecule is CCc1ccc(-n2nc3cc(C)c(NC(=O)CC45CC6CC(CC(C6)C4)C5)cc3n2)cc1. The van der Waals surface area contributed by atoms with Crippen molar-refractivity contribution in [3.05, 3.63) is 47.5 Å². The number of hydrogen-bond acceptors (Lipinski definition) is 3. The van der Waals surface area contributed by atoms with Crippen LogP contribution in [0.1, 0.15) is 63.0 Å². The average molecular weight is 429 g/mol. The predicted octanol–water partition coefficient (Wildman–Crippen LogP) is 5.84. The molecule has 1 N–H and O–H groups in total. The van der Waals surface area contributed by atoms with Crippen LogP contribution in [-0.2, 0) is 11.2 Å². The highest BCUT2D eigenvalue weighted by Gasteiger charge is 2.51. The van der Waals surface area contributed by atoms with Gasteiger partial charge in [0.15, 0.2) is 0 Å². The van der Waals surface area contributed by atoms with E-state index in [1.807, 2.05) is 19.1 Å². The summed E-state index contributed by atoms with van der Waals surface area (Å²) < 4.78 is 0. The third-order valence-corrected chi connectivity index (χ3v) is 8.28. The first kappa shape index (κ1) is 20.0. The quantitative estimate of drug-likeness (QED) is 0.556. The minimum absolute atomic E-state index is 0.164. The zero-order valence-corrected chi connectivity index (χ0v) is 19.1. The molecule has 7 rings (SSSR count). The molecular formula is C27H32N4O. The van der Waals surface area contributed by atoms with Crippen LogP contribution in [0.25, 0.3) is 16.7 Å². The van der Waals surface area contributed by atoms with Crippen LogP contribution in [0.2, 0.25) is 0 Å². The van der Waals surface area contributed by atoms with Gasteiger partial charge in [0, 0.05) is 12.1 Å². The molecule has 5 nitrogen and oxygen atoms in total. The van der Waals surface area contributed by atoms with Gasteiger partial charge in [-0.05, 0) is 110 Å². The zero-order valence-electron chi connectivity index (χ0n) is 19.1. The van der Waals surface area contributed by atoms with Gasteiger partial charge in [-0.15, -0.1) is 10.2 Å². The largest absolute Gasteiger partial charge is 0.326 e. The lowest BCUT2D eigenvalue weighted by Crippen LogP contribution is -2.47. The lowest BCUT2D eigenvalue weighted by atomic mass is 9.49. The lowest BCUT2D eigenvalue weighted by molar-refractivity contribution is -0.124.